The summed E-state index contributed by atoms with van der Waals surface area (Å²) in [5.41, 5.74) is 6.63. The van der Waals surface area contributed by atoms with E-state index in [0.29, 0.717) is 22.4 Å². The first-order chi connectivity index (χ1) is 14.9. The number of aryl methyl sites for hydroxylation is 3. The third kappa shape index (κ3) is 2.60. The molecule has 1 unspecified atom stereocenters. The molecular formula is C25H25N2O+. The zero-order valence-corrected chi connectivity index (χ0v) is 16.8. The van der Waals surface area contributed by atoms with Crippen LogP contribution >= 0.6 is 0 Å². The zero-order chi connectivity index (χ0) is 23.6. The van der Waals surface area contributed by atoms with Crippen LogP contribution < -0.4 is 4.57 Å². The molecule has 0 saturated heterocycles. The van der Waals surface area contributed by atoms with Gasteiger partial charge in [0.1, 0.15) is 18.2 Å². The van der Waals surface area contributed by atoms with Crippen LogP contribution in [-0.2, 0) is 7.05 Å². The van der Waals surface area contributed by atoms with Crippen LogP contribution in [0.5, 0.6) is 0 Å². The quantitative estimate of drug-likeness (QED) is 0.284. The first-order valence-electron chi connectivity index (χ1n) is 11.2. The van der Waals surface area contributed by atoms with E-state index in [1.54, 1.807) is 12.1 Å². The molecule has 0 spiro atoms. The van der Waals surface area contributed by atoms with Gasteiger partial charge in [-0.3, -0.25) is 0 Å². The van der Waals surface area contributed by atoms with Crippen LogP contribution in [-0.4, -0.2) is 0 Å². The van der Waals surface area contributed by atoms with E-state index in [9.17, 15) is 0 Å². The highest BCUT2D eigenvalue weighted by atomic mass is 16.3. The van der Waals surface area contributed by atoms with E-state index in [2.05, 4.69) is 4.85 Å². The Bertz CT molecular complexity index is 1440. The van der Waals surface area contributed by atoms with Crippen molar-refractivity contribution in [1.29, 1.82) is 0 Å². The fourth-order valence-electron chi connectivity index (χ4n) is 3.82. The smallest absolute Gasteiger partial charge is 0.216 e. The fourth-order valence-corrected chi connectivity index (χ4v) is 3.82. The maximum atomic E-state index is 8.60. The van der Waals surface area contributed by atoms with Crippen LogP contribution in [0.25, 0.3) is 38.0 Å². The molecule has 0 radical (unpaired) electrons. The topological polar surface area (TPSA) is 21.4 Å². The van der Waals surface area contributed by atoms with Gasteiger partial charge in [0.05, 0.1) is 12.1 Å². The summed E-state index contributed by atoms with van der Waals surface area (Å²) in [6.45, 7) is 12.2. The minimum atomic E-state index is -2.47. The fraction of sp³-hybridized carbons (Fsp3) is 0.280. The van der Waals surface area contributed by atoms with Crippen molar-refractivity contribution < 1.29 is 14.5 Å². The Kier molecular flexibility index (Phi) is 3.24. The molecule has 0 amide bonds. The Morgan fingerprint density at radius 1 is 1.11 bits per heavy atom. The monoisotopic (exact) mass is 373 g/mol. The Balaban J connectivity index is 2.10. The molecule has 4 rings (SSSR count). The summed E-state index contributed by atoms with van der Waals surface area (Å²) >= 11 is 0. The summed E-state index contributed by atoms with van der Waals surface area (Å²) in [6.07, 6.45) is 0. The van der Waals surface area contributed by atoms with Gasteiger partial charge in [0.15, 0.2) is 11.4 Å². The molecule has 0 aliphatic rings. The Labute approximate surface area is 171 Å². The number of fused-ring (bicyclic) bond motifs is 3. The number of nitrogens with zero attached hydrogens (tertiary/aromatic N) is 2. The predicted molar refractivity (Wildman–Crippen MR) is 115 cm³/mol. The minimum absolute atomic E-state index is 0.432. The van der Waals surface area contributed by atoms with Crippen LogP contribution in [0.1, 0.15) is 47.5 Å². The third-order valence-electron chi connectivity index (χ3n) is 5.59. The molecular weight excluding hydrogens is 344 g/mol. The summed E-state index contributed by atoms with van der Waals surface area (Å²) in [6, 6.07) is 11.3. The van der Waals surface area contributed by atoms with Crippen molar-refractivity contribution in [2.75, 3.05) is 0 Å². The van der Waals surface area contributed by atoms with E-state index in [0.717, 1.165) is 38.9 Å². The summed E-state index contributed by atoms with van der Waals surface area (Å²) in [5.74, 6) is -1.75. The van der Waals surface area contributed by atoms with Crippen molar-refractivity contribution in [3.8, 4) is 11.3 Å². The summed E-state index contributed by atoms with van der Waals surface area (Å²) in [4.78, 5) is 3.59. The van der Waals surface area contributed by atoms with Crippen LogP contribution in [0.15, 0.2) is 40.8 Å². The van der Waals surface area contributed by atoms with Gasteiger partial charge in [-0.25, -0.2) is 4.85 Å². The van der Waals surface area contributed by atoms with Crippen molar-refractivity contribution in [3.63, 3.8) is 0 Å². The number of hydrogen-bond acceptors (Lipinski definition) is 1. The maximum Gasteiger partial charge on any atom is 0.216 e. The van der Waals surface area contributed by atoms with Crippen molar-refractivity contribution in [2.24, 2.45) is 7.05 Å². The lowest BCUT2D eigenvalue weighted by molar-refractivity contribution is -0.666. The standard InChI is InChI=1S/C25H25N2O/c1-14(2)18-12-16(4)27(7)22(13-18)23-15(3)8-9-20-19-10-11-21(26-6)17(5)24(19)28-25(20)23/h8-14H,1-5,7H3/q+1/i1D3,14D. The van der Waals surface area contributed by atoms with Gasteiger partial charge in [-0.05, 0) is 36.4 Å². The molecule has 28 heavy (non-hydrogen) atoms. The summed E-state index contributed by atoms with van der Waals surface area (Å²) in [5, 5.41) is 1.88. The molecule has 3 heteroatoms. The second kappa shape index (κ2) is 6.49. The number of benzene rings is 2. The maximum absolute atomic E-state index is 8.60. The lowest BCUT2D eigenvalue weighted by Crippen LogP contribution is -2.35. The van der Waals surface area contributed by atoms with Gasteiger partial charge in [0.25, 0.3) is 0 Å². The summed E-state index contributed by atoms with van der Waals surface area (Å²) in [7, 11) is 1.92. The van der Waals surface area contributed by atoms with Gasteiger partial charge in [-0.1, -0.05) is 38.0 Å². The second-order valence-electron chi connectivity index (χ2n) is 7.39. The van der Waals surface area contributed by atoms with E-state index >= 15 is 0 Å². The number of hydrogen-bond donors (Lipinski definition) is 0. The van der Waals surface area contributed by atoms with Gasteiger partial charge in [-0.15, -0.1) is 0 Å². The van der Waals surface area contributed by atoms with Gasteiger partial charge >= 0.3 is 0 Å². The molecule has 2 heterocycles. The van der Waals surface area contributed by atoms with E-state index in [1.807, 2.05) is 56.7 Å². The van der Waals surface area contributed by atoms with Gasteiger partial charge in [0.2, 0.25) is 5.69 Å². The number of pyridine rings is 1. The van der Waals surface area contributed by atoms with Crippen LogP contribution in [0.3, 0.4) is 0 Å². The average Bonchev–Trinajstić information content (AvgIpc) is 3.09. The SMILES string of the molecule is [2H]C([2H])([2H])C([2H])(C)c1cc(C)[n+](C)c(-c2c(C)ccc3c2oc2c(C)c([N+]#[C-])ccc23)c1. The van der Waals surface area contributed by atoms with Crippen LogP contribution in [0, 0.1) is 27.3 Å². The highest BCUT2D eigenvalue weighted by Gasteiger charge is 2.23. The molecule has 2 aromatic carbocycles. The summed E-state index contributed by atoms with van der Waals surface area (Å²) < 4.78 is 40.6. The van der Waals surface area contributed by atoms with E-state index in [1.165, 1.54) is 6.92 Å². The van der Waals surface area contributed by atoms with Crippen molar-refractivity contribution in [1.82, 2.24) is 0 Å². The molecule has 0 saturated carbocycles. The van der Waals surface area contributed by atoms with Crippen molar-refractivity contribution >= 4 is 27.6 Å². The number of furan rings is 1. The molecule has 0 fully saturated rings. The largest absolute Gasteiger partial charge is 0.456 e. The van der Waals surface area contributed by atoms with Crippen LogP contribution in [0.2, 0.25) is 0 Å². The molecule has 0 aliphatic heterocycles. The first kappa shape index (κ1) is 14.0. The molecule has 1 atom stereocenters. The highest BCUT2D eigenvalue weighted by molar-refractivity contribution is 6.11. The van der Waals surface area contributed by atoms with Crippen molar-refractivity contribution in [3.05, 3.63) is 70.2 Å². The van der Waals surface area contributed by atoms with E-state index in [4.69, 9.17) is 16.5 Å². The number of aromatic nitrogens is 1. The zero-order valence-electron chi connectivity index (χ0n) is 20.8. The molecule has 0 bridgehead atoms. The Morgan fingerprint density at radius 3 is 2.54 bits per heavy atom. The van der Waals surface area contributed by atoms with Gasteiger partial charge in [-0.2, -0.15) is 4.57 Å². The molecule has 4 aromatic rings. The lowest BCUT2D eigenvalue weighted by Gasteiger charge is -2.11. The molecule has 2 aromatic heterocycles. The minimum Gasteiger partial charge on any atom is -0.456 e. The van der Waals surface area contributed by atoms with Crippen LogP contribution in [0.4, 0.5) is 5.69 Å². The normalized spacial score (nSPS) is 16.1. The molecule has 0 N–H and O–H groups in total. The lowest BCUT2D eigenvalue weighted by atomic mass is 9.96. The predicted octanol–water partition coefficient (Wildman–Crippen LogP) is 6.68. The van der Waals surface area contributed by atoms with Gasteiger partial charge < -0.3 is 4.42 Å². The van der Waals surface area contributed by atoms with Crippen molar-refractivity contribution in [2.45, 2.75) is 40.4 Å². The van der Waals surface area contributed by atoms with E-state index < -0.39 is 12.7 Å². The molecule has 3 nitrogen and oxygen atoms in total. The van der Waals surface area contributed by atoms with Gasteiger partial charge in [0, 0.05) is 35.3 Å². The number of rotatable bonds is 2. The Hall–Kier alpha value is -3.12. The first-order valence-corrected chi connectivity index (χ1v) is 9.23. The molecule has 140 valence electrons. The Morgan fingerprint density at radius 2 is 1.82 bits per heavy atom. The highest BCUT2D eigenvalue weighted by Crippen LogP contribution is 2.40. The molecule has 0 aliphatic carbocycles. The third-order valence-corrected chi connectivity index (χ3v) is 5.59. The second-order valence-corrected chi connectivity index (χ2v) is 7.39. The average molecular weight is 374 g/mol. The van der Waals surface area contributed by atoms with E-state index in [-0.39, 0.29) is 0 Å².